The zero-order valence-corrected chi connectivity index (χ0v) is 18.7. The van der Waals surface area contributed by atoms with Gasteiger partial charge in [0, 0.05) is 12.2 Å². The van der Waals surface area contributed by atoms with E-state index in [0.717, 1.165) is 0 Å². The van der Waals surface area contributed by atoms with Gasteiger partial charge < -0.3 is 37.6 Å². The summed E-state index contributed by atoms with van der Waals surface area (Å²) in [7, 11) is 0. The number of nitrogens with two attached hydrogens (primary N) is 2. The molecule has 0 heterocycles. The predicted molar refractivity (Wildman–Crippen MR) is 115 cm³/mol. The van der Waals surface area contributed by atoms with Crippen molar-refractivity contribution in [3.05, 3.63) is 0 Å². The minimum atomic E-state index is -1.51. The Morgan fingerprint density at radius 1 is 0.935 bits per heavy atom. The Balaban J connectivity index is 5.37. The molecule has 0 saturated heterocycles. The number of carboxylic acids is 1. The molecule has 13 heteroatoms. The normalized spacial score (nSPS) is 15.8. The van der Waals surface area contributed by atoms with Gasteiger partial charge in [-0.3, -0.25) is 19.2 Å². The fourth-order valence-electron chi connectivity index (χ4n) is 2.53. The largest absolute Gasteiger partial charge is 0.480 e. The van der Waals surface area contributed by atoms with Crippen LogP contribution >= 0.6 is 12.6 Å². The van der Waals surface area contributed by atoms with E-state index in [1.807, 2.05) is 13.8 Å². The lowest BCUT2D eigenvalue weighted by Crippen LogP contribution is -2.60. The molecule has 0 saturated carbocycles. The maximum Gasteiger partial charge on any atom is 0.326 e. The second-order valence-corrected chi connectivity index (χ2v) is 7.98. The second kappa shape index (κ2) is 13.8. The molecule has 0 spiro atoms. The Morgan fingerprint density at radius 3 is 1.90 bits per heavy atom. The van der Waals surface area contributed by atoms with E-state index in [9.17, 15) is 34.2 Å². The summed E-state index contributed by atoms with van der Waals surface area (Å²) >= 11 is 3.94. The standard InChI is InChI=1S/C18H33N5O7S/c1-8(2)6-12(22-15(26)10(19)7-31)16(27)23-14(9(3)24)17(28)21-11(18(29)30)4-5-13(20)25/h8-12,14,24,31H,4-7,19H2,1-3H3,(H2,20,25)(H,21,28)(H,22,26)(H,23,27)(H,29,30). The fraction of sp³-hybridized carbons (Fsp3) is 0.722. The molecule has 0 aliphatic carbocycles. The van der Waals surface area contributed by atoms with Crippen LogP contribution in [0.1, 0.15) is 40.0 Å². The number of aliphatic carboxylic acids is 1. The van der Waals surface area contributed by atoms with E-state index < -0.39 is 59.9 Å². The van der Waals surface area contributed by atoms with Gasteiger partial charge in [0.15, 0.2) is 0 Å². The molecule has 5 unspecified atom stereocenters. The van der Waals surface area contributed by atoms with Gasteiger partial charge in [0.05, 0.1) is 12.1 Å². The van der Waals surface area contributed by atoms with Gasteiger partial charge in [0.2, 0.25) is 23.6 Å². The van der Waals surface area contributed by atoms with Gasteiger partial charge in [0.1, 0.15) is 18.1 Å². The molecule has 0 aromatic carbocycles. The first-order chi connectivity index (χ1) is 14.3. The van der Waals surface area contributed by atoms with Crippen LogP contribution in [0.5, 0.6) is 0 Å². The summed E-state index contributed by atoms with van der Waals surface area (Å²) in [5.74, 6) is -4.43. The third-order valence-electron chi connectivity index (χ3n) is 4.23. The molecule has 0 aliphatic rings. The van der Waals surface area contributed by atoms with Crippen molar-refractivity contribution >= 4 is 42.2 Å². The lowest BCUT2D eigenvalue weighted by Gasteiger charge is -2.27. The van der Waals surface area contributed by atoms with Gasteiger partial charge >= 0.3 is 5.97 Å². The lowest BCUT2D eigenvalue weighted by molar-refractivity contribution is -0.143. The highest BCUT2D eigenvalue weighted by atomic mass is 32.1. The molecule has 12 nitrogen and oxygen atoms in total. The molecule has 0 aromatic heterocycles. The van der Waals surface area contributed by atoms with Crippen LogP contribution in [-0.2, 0) is 24.0 Å². The average molecular weight is 464 g/mol. The molecule has 0 aliphatic heterocycles. The summed E-state index contributed by atoms with van der Waals surface area (Å²) in [4.78, 5) is 59.5. The minimum Gasteiger partial charge on any atom is -0.480 e. The Hall–Kier alpha value is -2.38. The lowest BCUT2D eigenvalue weighted by atomic mass is 10.0. The highest BCUT2D eigenvalue weighted by Crippen LogP contribution is 2.07. The number of carbonyl (C=O) groups excluding carboxylic acids is 4. The number of hydrogen-bond donors (Lipinski definition) is 8. The van der Waals surface area contributed by atoms with Gasteiger partial charge in [0.25, 0.3) is 0 Å². The highest BCUT2D eigenvalue weighted by Gasteiger charge is 2.32. The molecule has 4 amide bonds. The number of aliphatic hydroxyl groups is 1. The van der Waals surface area contributed by atoms with Gasteiger partial charge in [-0.2, -0.15) is 12.6 Å². The number of carbonyl (C=O) groups is 5. The molecule has 0 rings (SSSR count). The van der Waals surface area contributed by atoms with Gasteiger partial charge in [-0.05, 0) is 25.7 Å². The molecule has 31 heavy (non-hydrogen) atoms. The van der Waals surface area contributed by atoms with Crippen molar-refractivity contribution in [1.82, 2.24) is 16.0 Å². The zero-order valence-electron chi connectivity index (χ0n) is 17.8. The second-order valence-electron chi connectivity index (χ2n) is 7.61. The van der Waals surface area contributed by atoms with Crippen LogP contribution in [0.3, 0.4) is 0 Å². The van der Waals surface area contributed by atoms with Crippen molar-refractivity contribution < 1.29 is 34.2 Å². The van der Waals surface area contributed by atoms with Gasteiger partial charge in [-0.1, -0.05) is 13.8 Å². The maximum atomic E-state index is 12.7. The highest BCUT2D eigenvalue weighted by molar-refractivity contribution is 7.80. The van der Waals surface area contributed by atoms with Crippen molar-refractivity contribution in [2.45, 2.75) is 70.3 Å². The van der Waals surface area contributed by atoms with Gasteiger partial charge in [-0.25, -0.2) is 4.79 Å². The minimum absolute atomic E-state index is 0.00714. The first-order valence-corrected chi connectivity index (χ1v) is 10.4. The number of primary amides is 1. The van der Waals surface area contributed by atoms with Crippen LogP contribution in [-0.4, -0.2) is 75.8 Å². The Kier molecular flexibility index (Phi) is 12.8. The maximum absolute atomic E-state index is 12.7. The molecule has 0 aromatic rings. The van der Waals surface area contributed by atoms with E-state index in [4.69, 9.17) is 11.5 Å². The molecular weight excluding hydrogens is 430 g/mol. The number of aliphatic hydroxyl groups excluding tert-OH is 1. The number of amides is 4. The molecule has 9 N–H and O–H groups in total. The molecule has 178 valence electrons. The summed E-state index contributed by atoms with van der Waals surface area (Å²) in [6.45, 7) is 4.87. The Morgan fingerprint density at radius 2 is 1.48 bits per heavy atom. The first kappa shape index (κ1) is 28.6. The smallest absolute Gasteiger partial charge is 0.326 e. The quantitative estimate of drug-likeness (QED) is 0.128. The monoisotopic (exact) mass is 463 g/mol. The van der Waals surface area contributed by atoms with E-state index in [0.29, 0.717) is 0 Å². The number of carboxylic acid groups (broad SMARTS) is 1. The van der Waals surface area contributed by atoms with Crippen LogP contribution in [0, 0.1) is 5.92 Å². The summed E-state index contributed by atoms with van der Waals surface area (Å²) < 4.78 is 0. The molecule has 0 fully saturated rings. The molecular formula is C18H33N5O7S. The van der Waals surface area contributed by atoms with Gasteiger partial charge in [-0.15, -0.1) is 0 Å². The predicted octanol–water partition coefficient (Wildman–Crippen LogP) is -2.53. The number of nitrogens with one attached hydrogen (secondary N) is 3. The summed E-state index contributed by atoms with van der Waals surface area (Å²) in [6, 6.07) is -4.94. The topological polar surface area (TPSA) is 214 Å². The Bertz CT molecular complexity index is 659. The molecule has 0 bridgehead atoms. The van der Waals surface area contributed by atoms with Crippen molar-refractivity contribution in [2.24, 2.45) is 17.4 Å². The summed E-state index contributed by atoms with van der Waals surface area (Å²) in [6.07, 6.45) is -1.70. The van der Waals surface area contributed by atoms with Crippen molar-refractivity contribution in [1.29, 1.82) is 0 Å². The van der Waals surface area contributed by atoms with E-state index >= 15 is 0 Å². The van der Waals surface area contributed by atoms with Crippen LogP contribution in [0.4, 0.5) is 0 Å². The number of hydrogen-bond acceptors (Lipinski definition) is 8. The molecule has 0 radical (unpaired) electrons. The number of rotatable bonds is 14. The third-order valence-corrected chi connectivity index (χ3v) is 4.62. The van der Waals surface area contributed by atoms with Crippen molar-refractivity contribution in [2.75, 3.05) is 5.75 Å². The first-order valence-electron chi connectivity index (χ1n) is 9.76. The van der Waals surface area contributed by atoms with Crippen LogP contribution in [0.25, 0.3) is 0 Å². The van der Waals surface area contributed by atoms with E-state index in [1.54, 1.807) is 0 Å². The van der Waals surface area contributed by atoms with E-state index in [1.165, 1.54) is 6.92 Å². The summed E-state index contributed by atoms with van der Waals surface area (Å²) in [5, 5.41) is 26.2. The van der Waals surface area contributed by atoms with Crippen LogP contribution in [0.2, 0.25) is 0 Å². The van der Waals surface area contributed by atoms with Crippen molar-refractivity contribution in [3.63, 3.8) is 0 Å². The zero-order chi connectivity index (χ0) is 24.3. The third kappa shape index (κ3) is 11.0. The summed E-state index contributed by atoms with van der Waals surface area (Å²) in [5.41, 5.74) is 10.6. The average Bonchev–Trinajstić information content (AvgIpc) is 2.66. The van der Waals surface area contributed by atoms with Crippen LogP contribution in [0.15, 0.2) is 0 Å². The van der Waals surface area contributed by atoms with E-state index in [2.05, 4.69) is 28.6 Å². The molecule has 5 atom stereocenters. The van der Waals surface area contributed by atoms with E-state index in [-0.39, 0.29) is 30.9 Å². The number of thiol groups is 1. The van der Waals surface area contributed by atoms with Crippen LogP contribution < -0.4 is 27.4 Å². The fourth-order valence-corrected chi connectivity index (χ4v) is 2.69. The van der Waals surface area contributed by atoms with Crippen molar-refractivity contribution in [3.8, 4) is 0 Å². The Labute approximate surface area is 186 Å². The SMILES string of the molecule is CC(C)CC(NC(=O)C(N)CS)C(=O)NC(C(=O)NC(CCC(N)=O)C(=O)O)C(C)O.